The van der Waals surface area contributed by atoms with E-state index in [9.17, 15) is 44.3 Å². The van der Waals surface area contributed by atoms with Gasteiger partial charge in [0.05, 0.1) is 3.57 Å². The fraction of sp³-hybridized carbons (Fsp3) is 0.333. The van der Waals surface area contributed by atoms with Crippen molar-refractivity contribution in [1.82, 2.24) is 4.72 Å². The van der Waals surface area contributed by atoms with Crippen LogP contribution in [0, 0.1) is 7.14 Å². The summed E-state index contributed by atoms with van der Waals surface area (Å²) in [5, 5.41) is 0. The van der Waals surface area contributed by atoms with Crippen LogP contribution in [-0.4, -0.2) is 45.2 Å². The monoisotopic (exact) mass is 661 g/mol. The molecule has 0 radical (unpaired) electrons. The number of rotatable bonds is 6. The third-order valence-corrected chi connectivity index (χ3v) is 5.20. The molecule has 0 bridgehead atoms. The molecule has 0 aliphatic rings. The van der Waals surface area contributed by atoms with Gasteiger partial charge in [-0.05, 0) is 57.3 Å². The second-order valence-electron chi connectivity index (χ2n) is 4.63. The van der Waals surface area contributed by atoms with Crippen LogP contribution in [0.25, 0.3) is 0 Å². The Morgan fingerprint density at radius 3 is 2.14 bits per heavy atom. The summed E-state index contributed by atoms with van der Waals surface area (Å²) in [6, 6.07) is 2.30. The predicted molar refractivity (Wildman–Crippen MR) is 96.8 cm³/mol. The molecule has 0 saturated heterocycles. The molecule has 1 aromatic carbocycles. The number of nitrogens with one attached hydrogen (secondary N) is 1. The minimum absolute atomic E-state index is 0.0492. The molecule has 16 heteroatoms. The lowest BCUT2D eigenvalue weighted by atomic mass is 10.2. The third-order valence-electron chi connectivity index (χ3n) is 2.59. The van der Waals surface area contributed by atoms with Crippen LogP contribution in [0.4, 0.5) is 26.3 Å². The van der Waals surface area contributed by atoms with E-state index in [-0.39, 0.29) is 3.57 Å². The largest absolute Gasteiger partial charge is 0.511 e. The Hall–Kier alpha value is -0.890. The third kappa shape index (κ3) is 6.87. The van der Waals surface area contributed by atoms with Crippen LogP contribution < -0.4 is 9.46 Å². The molecule has 0 aliphatic heterocycles. The van der Waals surface area contributed by atoms with Crippen molar-refractivity contribution in [3.05, 3.63) is 24.8 Å². The van der Waals surface area contributed by atoms with E-state index in [1.807, 2.05) is 0 Å². The number of ether oxygens (including phenoxy) is 2. The lowest BCUT2D eigenvalue weighted by molar-refractivity contribution is -0.189. The number of sulfonamides is 1. The zero-order chi connectivity index (χ0) is 21.9. The fourth-order valence-electron chi connectivity index (χ4n) is 1.45. The van der Waals surface area contributed by atoms with Gasteiger partial charge in [-0.15, -0.1) is 0 Å². The van der Waals surface area contributed by atoms with Crippen molar-refractivity contribution in [3.8, 4) is 5.75 Å². The first-order chi connectivity index (χ1) is 12.6. The lowest BCUT2D eigenvalue weighted by Crippen LogP contribution is -2.38. The fourth-order valence-corrected chi connectivity index (χ4v) is 3.92. The van der Waals surface area contributed by atoms with Crippen LogP contribution in [0.1, 0.15) is 10.4 Å². The summed E-state index contributed by atoms with van der Waals surface area (Å²) in [5.41, 5.74) is -6.17. The Bertz CT molecular complexity index is 871. The minimum Gasteiger partial charge on any atom is -0.461 e. The minimum atomic E-state index is -5.65. The van der Waals surface area contributed by atoms with Gasteiger partial charge in [0.2, 0.25) is 0 Å². The Kier molecular flexibility index (Phi) is 8.34. The molecule has 28 heavy (non-hydrogen) atoms. The van der Waals surface area contributed by atoms with E-state index in [1.54, 1.807) is 22.6 Å². The van der Waals surface area contributed by atoms with Crippen molar-refractivity contribution in [2.75, 3.05) is 13.2 Å². The average Bonchev–Trinajstić information content (AvgIpc) is 2.51. The highest BCUT2D eigenvalue weighted by Crippen LogP contribution is 2.31. The highest BCUT2D eigenvalue weighted by molar-refractivity contribution is 14.1. The number of esters is 2. The zero-order valence-corrected chi connectivity index (χ0v) is 18.1. The summed E-state index contributed by atoms with van der Waals surface area (Å²) >= 11 is 3.20. The van der Waals surface area contributed by atoms with E-state index >= 15 is 0 Å². The van der Waals surface area contributed by atoms with Gasteiger partial charge in [-0.1, -0.05) is 0 Å². The number of alkyl halides is 6. The van der Waals surface area contributed by atoms with Gasteiger partial charge >= 0.3 is 33.6 Å². The highest BCUT2D eigenvalue weighted by atomic mass is 127. The maximum atomic E-state index is 12.4. The first-order valence-corrected chi connectivity index (χ1v) is 10.2. The average molecular weight is 661 g/mol. The molecule has 0 amide bonds. The summed E-state index contributed by atoms with van der Waals surface area (Å²) in [6.45, 7) is -1.82. The molecule has 0 fully saturated rings. The summed E-state index contributed by atoms with van der Waals surface area (Å²) in [7, 11) is -5.65. The zero-order valence-electron chi connectivity index (χ0n) is 13.0. The number of hydrogen-bond donors (Lipinski definition) is 1. The highest BCUT2D eigenvalue weighted by Gasteiger charge is 2.45. The number of carbonyl (C=O) groups is 2. The topological polar surface area (TPSA) is 98.8 Å². The molecule has 158 valence electrons. The van der Waals surface area contributed by atoms with Crippen molar-refractivity contribution in [1.29, 1.82) is 0 Å². The maximum Gasteiger partial charge on any atom is 0.511 e. The Morgan fingerprint density at radius 1 is 1.07 bits per heavy atom. The van der Waals surface area contributed by atoms with Crippen LogP contribution in [0.3, 0.4) is 0 Å². The molecule has 0 atom stereocenters. The van der Waals surface area contributed by atoms with Gasteiger partial charge in [-0.2, -0.15) is 26.3 Å². The van der Waals surface area contributed by atoms with Gasteiger partial charge in [-0.3, -0.25) is 0 Å². The number of benzene rings is 1. The molecule has 0 unspecified atom stereocenters. The molecule has 0 saturated carbocycles. The summed E-state index contributed by atoms with van der Waals surface area (Å²) in [5.74, 6) is -4.70. The summed E-state index contributed by atoms with van der Waals surface area (Å²) in [6.07, 6.45) is -5.34. The summed E-state index contributed by atoms with van der Waals surface area (Å²) in [4.78, 5) is 23.0. The molecule has 0 spiro atoms. The molecule has 0 heterocycles. The van der Waals surface area contributed by atoms with Gasteiger partial charge in [-0.25, -0.2) is 22.7 Å². The normalized spacial score (nSPS) is 12.6. The Labute approximate surface area is 180 Å². The molecule has 1 aromatic rings. The van der Waals surface area contributed by atoms with Gasteiger partial charge in [0.25, 0.3) is 0 Å². The molecule has 7 nitrogen and oxygen atoms in total. The lowest BCUT2D eigenvalue weighted by Gasteiger charge is -2.14. The van der Waals surface area contributed by atoms with Crippen molar-refractivity contribution in [2.24, 2.45) is 0 Å². The van der Waals surface area contributed by atoms with Crippen LogP contribution >= 0.6 is 45.2 Å². The smallest absolute Gasteiger partial charge is 0.461 e. The quantitative estimate of drug-likeness (QED) is 0.166. The molecule has 0 aromatic heterocycles. The van der Waals surface area contributed by atoms with Crippen LogP contribution in [0.2, 0.25) is 0 Å². The predicted octanol–water partition coefficient (Wildman–Crippen LogP) is 2.96. The van der Waals surface area contributed by atoms with Crippen LogP contribution in [0.5, 0.6) is 5.75 Å². The van der Waals surface area contributed by atoms with E-state index in [0.29, 0.717) is 3.57 Å². The van der Waals surface area contributed by atoms with E-state index in [0.717, 1.165) is 10.8 Å². The Balaban J connectivity index is 2.92. The molecule has 1 N–H and O–H groups in total. The molecule has 0 aliphatic carbocycles. The van der Waals surface area contributed by atoms with E-state index < -0.39 is 58.1 Å². The van der Waals surface area contributed by atoms with Crippen LogP contribution in [0.15, 0.2) is 12.1 Å². The van der Waals surface area contributed by atoms with Crippen LogP contribution in [-0.2, 0) is 19.6 Å². The molecular weight excluding hydrogens is 654 g/mol. The first-order valence-electron chi connectivity index (χ1n) is 6.57. The van der Waals surface area contributed by atoms with Crippen molar-refractivity contribution < 1.29 is 53.8 Å². The number of hydrogen-bond acceptors (Lipinski definition) is 6. The van der Waals surface area contributed by atoms with Gasteiger partial charge in [0.15, 0.2) is 5.75 Å². The second kappa shape index (κ2) is 9.28. The SMILES string of the molecule is O=C(OCCNS(=O)(=O)C(F)(F)F)c1cc(I)cc(I)c1OC(=O)C(F)(F)F. The van der Waals surface area contributed by atoms with Gasteiger partial charge < -0.3 is 9.47 Å². The van der Waals surface area contributed by atoms with Gasteiger partial charge in [0, 0.05) is 10.1 Å². The van der Waals surface area contributed by atoms with Gasteiger partial charge in [0.1, 0.15) is 12.2 Å². The molecule has 1 rings (SSSR count). The number of carbonyl (C=O) groups excluding carboxylic acids is 2. The standard InChI is InChI=1S/C12H7F6I2NO6S/c13-11(14,15)10(23)27-8-6(3-5(19)4-7(8)20)9(22)26-2-1-21-28(24,25)12(16,17)18/h3-4,21H,1-2H2. The van der Waals surface area contributed by atoms with E-state index in [1.165, 1.54) is 28.7 Å². The van der Waals surface area contributed by atoms with E-state index in [2.05, 4.69) is 9.47 Å². The Morgan fingerprint density at radius 2 is 1.64 bits per heavy atom. The van der Waals surface area contributed by atoms with Crippen molar-refractivity contribution in [2.45, 2.75) is 11.7 Å². The summed E-state index contributed by atoms with van der Waals surface area (Å²) < 4.78 is 105. The molecular formula is C12H7F6I2NO6S. The second-order valence-corrected chi connectivity index (χ2v) is 8.80. The van der Waals surface area contributed by atoms with Crippen molar-refractivity contribution in [3.63, 3.8) is 0 Å². The number of halogens is 8. The van der Waals surface area contributed by atoms with Crippen molar-refractivity contribution >= 4 is 67.1 Å². The van der Waals surface area contributed by atoms with E-state index in [4.69, 9.17) is 0 Å². The maximum absolute atomic E-state index is 12.4. The first kappa shape index (κ1) is 25.1.